The molecule has 0 spiro atoms. The average Bonchev–Trinajstić information content (AvgIpc) is 3.08. The van der Waals surface area contributed by atoms with Gasteiger partial charge in [-0.15, -0.1) is 0 Å². The van der Waals surface area contributed by atoms with Crippen molar-refractivity contribution in [2.45, 2.75) is 31.3 Å². The summed E-state index contributed by atoms with van der Waals surface area (Å²) in [5, 5.41) is 3.77. The van der Waals surface area contributed by atoms with Crippen molar-refractivity contribution in [1.82, 2.24) is 14.1 Å². The van der Waals surface area contributed by atoms with Gasteiger partial charge in [0.25, 0.3) is 0 Å². The van der Waals surface area contributed by atoms with Crippen molar-refractivity contribution < 1.29 is 9.53 Å². The largest absolute Gasteiger partial charge is 0.491 e. The Hall–Kier alpha value is -3.00. The number of rotatable bonds is 7. The number of imidazole rings is 1. The molecule has 1 aromatic carbocycles. The van der Waals surface area contributed by atoms with Crippen LogP contribution in [-0.4, -0.2) is 27.1 Å². The van der Waals surface area contributed by atoms with Gasteiger partial charge in [-0.3, -0.25) is 9.59 Å². The second kappa shape index (κ2) is 9.00. The van der Waals surface area contributed by atoms with E-state index in [1.807, 2.05) is 49.9 Å². The molecule has 0 unspecified atom stereocenters. The van der Waals surface area contributed by atoms with Crippen LogP contribution in [0.5, 0.6) is 5.75 Å². The molecule has 0 atom stereocenters. The lowest BCUT2D eigenvalue weighted by Crippen LogP contribution is -2.23. The lowest BCUT2D eigenvalue weighted by molar-refractivity contribution is -0.116. The fraction of sp³-hybridized carbons (Fsp3) is 0.286. The van der Waals surface area contributed by atoms with Gasteiger partial charge < -0.3 is 19.2 Å². The van der Waals surface area contributed by atoms with Crippen molar-refractivity contribution in [3.05, 3.63) is 69.9 Å². The number of amides is 1. The molecule has 0 aliphatic rings. The first-order valence-electron chi connectivity index (χ1n) is 9.12. The van der Waals surface area contributed by atoms with Crippen molar-refractivity contribution in [3.8, 4) is 5.75 Å². The number of carbonyl (C=O) groups is 1. The number of anilines is 1. The van der Waals surface area contributed by atoms with Crippen LogP contribution in [-0.2, 0) is 24.1 Å². The van der Waals surface area contributed by atoms with Gasteiger partial charge >= 0.3 is 0 Å². The Morgan fingerprint density at radius 2 is 2.07 bits per heavy atom. The second-order valence-electron chi connectivity index (χ2n) is 6.80. The summed E-state index contributed by atoms with van der Waals surface area (Å²) in [6, 6.07) is 7.39. The Balaban J connectivity index is 1.81. The van der Waals surface area contributed by atoms with Gasteiger partial charge in [-0.25, -0.2) is 4.98 Å². The SMILES string of the molecule is COc1cn(CC(=O)Nc2ccc(C)cc2C)c(CSc2nccn2C)cc1=O. The predicted molar refractivity (Wildman–Crippen MR) is 115 cm³/mol. The van der Waals surface area contributed by atoms with Crippen molar-refractivity contribution in [2.75, 3.05) is 12.4 Å². The molecule has 0 radical (unpaired) electrons. The Kier molecular flexibility index (Phi) is 6.43. The number of nitrogens with one attached hydrogen (secondary N) is 1. The molecule has 3 rings (SSSR count). The van der Waals surface area contributed by atoms with Crippen LogP contribution in [0.15, 0.2) is 52.8 Å². The van der Waals surface area contributed by atoms with Crippen LogP contribution in [0, 0.1) is 13.8 Å². The van der Waals surface area contributed by atoms with Crippen LogP contribution in [0.4, 0.5) is 5.69 Å². The number of methoxy groups -OCH3 is 1. The molecule has 0 aliphatic heterocycles. The average molecular weight is 413 g/mol. The summed E-state index contributed by atoms with van der Waals surface area (Å²) in [5.41, 5.74) is 3.42. The van der Waals surface area contributed by atoms with Gasteiger partial charge in [-0.05, 0) is 25.5 Å². The Morgan fingerprint density at radius 1 is 1.28 bits per heavy atom. The number of hydrogen-bond donors (Lipinski definition) is 1. The third-order valence-electron chi connectivity index (χ3n) is 4.50. The highest BCUT2D eigenvalue weighted by atomic mass is 32.2. The highest BCUT2D eigenvalue weighted by molar-refractivity contribution is 7.98. The molecule has 0 bridgehead atoms. The number of pyridine rings is 1. The molecule has 29 heavy (non-hydrogen) atoms. The molecular formula is C21H24N4O3S. The third kappa shape index (κ3) is 5.08. The first kappa shape index (κ1) is 20.7. The van der Waals surface area contributed by atoms with Gasteiger partial charge in [-0.1, -0.05) is 29.5 Å². The van der Waals surface area contributed by atoms with E-state index in [1.165, 1.54) is 24.9 Å². The van der Waals surface area contributed by atoms with Gasteiger partial charge in [0.15, 0.2) is 10.9 Å². The molecular weight excluding hydrogens is 388 g/mol. The molecule has 2 heterocycles. The minimum absolute atomic E-state index is 0.0699. The summed E-state index contributed by atoms with van der Waals surface area (Å²) in [7, 11) is 3.35. The molecule has 1 N–H and O–H groups in total. The van der Waals surface area contributed by atoms with E-state index in [-0.39, 0.29) is 23.6 Å². The number of thioether (sulfide) groups is 1. The van der Waals surface area contributed by atoms with E-state index in [9.17, 15) is 9.59 Å². The number of nitrogens with zero attached hydrogens (tertiary/aromatic N) is 3. The summed E-state index contributed by atoms with van der Waals surface area (Å²) >= 11 is 1.50. The van der Waals surface area contributed by atoms with Gasteiger partial charge in [0, 0.05) is 42.6 Å². The zero-order valence-electron chi connectivity index (χ0n) is 16.9. The molecule has 7 nitrogen and oxygen atoms in total. The molecule has 1 amide bonds. The first-order chi connectivity index (χ1) is 13.9. The molecule has 152 valence electrons. The summed E-state index contributed by atoms with van der Waals surface area (Å²) < 4.78 is 8.81. The Bertz CT molecular complexity index is 1090. The van der Waals surface area contributed by atoms with Crippen LogP contribution >= 0.6 is 11.8 Å². The van der Waals surface area contributed by atoms with Crippen LogP contribution < -0.4 is 15.5 Å². The predicted octanol–water partition coefficient (Wildman–Crippen LogP) is 3.14. The van der Waals surface area contributed by atoms with E-state index < -0.39 is 0 Å². The number of carbonyl (C=O) groups excluding carboxylic acids is 1. The first-order valence-corrected chi connectivity index (χ1v) is 10.1. The fourth-order valence-electron chi connectivity index (χ4n) is 2.95. The molecule has 3 aromatic rings. The molecule has 0 saturated carbocycles. The van der Waals surface area contributed by atoms with Crippen LogP contribution in [0.2, 0.25) is 0 Å². The van der Waals surface area contributed by atoms with E-state index in [4.69, 9.17) is 4.74 Å². The van der Waals surface area contributed by atoms with Gasteiger partial charge in [0.2, 0.25) is 11.3 Å². The van der Waals surface area contributed by atoms with Gasteiger partial charge in [0.05, 0.1) is 13.3 Å². The minimum Gasteiger partial charge on any atom is -0.491 e. The quantitative estimate of drug-likeness (QED) is 0.603. The van der Waals surface area contributed by atoms with Crippen molar-refractivity contribution in [1.29, 1.82) is 0 Å². The maximum absolute atomic E-state index is 12.7. The highest BCUT2D eigenvalue weighted by Crippen LogP contribution is 2.21. The van der Waals surface area contributed by atoms with Gasteiger partial charge in [-0.2, -0.15) is 0 Å². The maximum Gasteiger partial charge on any atom is 0.244 e. The summed E-state index contributed by atoms with van der Waals surface area (Å²) in [6.07, 6.45) is 5.17. The zero-order valence-corrected chi connectivity index (χ0v) is 17.7. The van der Waals surface area contributed by atoms with Crippen LogP contribution in [0.1, 0.15) is 16.8 Å². The lowest BCUT2D eigenvalue weighted by atomic mass is 10.1. The van der Waals surface area contributed by atoms with Crippen molar-refractivity contribution >= 4 is 23.4 Å². The van der Waals surface area contributed by atoms with Crippen LogP contribution in [0.3, 0.4) is 0 Å². The maximum atomic E-state index is 12.7. The number of aryl methyl sites for hydroxylation is 3. The van der Waals surface area contributed by atoms with Crippen LogP contribution in [0.25, 0.3) is 0 Å². The van der Waals surface area contributed by atoms with E-state index >= 15 is 0 Å². The number of benzene rings is 1. The molecule has 2 aromatic heterocycles. The standard InChI is InChI=1S/C21H24N4O3S/c1-14-5-6-17(15(2)9-14)23-20(27)12-25-11-19(28-4)18(26)10-16(25)13-29-21-22-7-8-24(21)3/h5-11H,12-13H2,1-4H3,(H,23,27). The van der Waals surface area contributed by atoms with E-state index in [2.05, 4.69) is 10.3 Å². The van der Waals surface area contributed by atoms with Crippen molar-refractivity contribution in [3.63, 3.8) is 0 Å². The highest BCUT2D eigenvalue weighted by Gasteiger charge is 2.13. The summed E-state index contributed by atoms with van der Waals surface area (Å²) in [6.45, 7) is 4.04. The topological polar surface area (TPSA) is 78.2 Å². The molecule has 8 heteroatoms. The summed E-state index contributed by atoms with van der Waals surface area (Å²) in [4.78, 5) is 29.2. The van der Waals surface area contributed by atoms with Crippen molar-refractivity contribution in [2.24, 2.45) is 7.05 Å². The minimum atomic E-state index is -0.214. The number of aromatic nitrogens is 3. The number of hydrogen-bond acceptors (Lipinski definition) is 5. The molecule has 0 aliphatic carbocycles. The number of ether oxygens (including phenoxy) is 1. The molecule has 0 saturated heterocycles. The molecule has 0 fully saturated rings. The zero-order chi connectivity index (χ0) is 21.0. The monoisotopic (exact) mass is 412 g/mol. The lowest BCUT2D eigenvalue weighted by Gasteiger charge is -2.15. The Labute approximate surface area is 173 Å². The fourth-order valence-corrected chi connectivity index (χ4v) is 3.87. The third-order valence-corrected chi connectivity index (χ3v) is 5.59. The second-order valence-corrected chi connectivity index (χ2v) is 7.74. The van der Waals surface area contributed by atoms with E-state index in [1.54, 1.807) is 17.0 Å². The Morgan fingerprint density at radius 3 is 2.72 bits per heavy atom. The smallest absolute Gasteiger partial charge is 0.244 e. The summed E-state index contributed by atoms with van der Waals surface area (Å²) in [5.74, 6) is 0.530. The van der Waals surface area contributed by atoms with Gasteiger partial charge in [0.1, 0.15) is 6.54 Å². The normalized spacial score (nSPS) is 10.8. The van der Waals surface area contributed by atoms with E-state index in [0.29, 0.717) is 5.75 Å². The van der Waals surface area contributed by atoms with E-state index in [0.717, 1.165) is 27.7 Å².